The first kappa shape index (κ1) is 14.3. The van der Waals surface area contributed by atoms with Gasteiger partial charge < -0.3 is 5.32 Å². The van der Waals surface area contributed by atoms with E-state index >= 15 is 0 Å². The Morgan fingerprint density at radius 2 is 1.91 bits per heavy atom. The molecule has 1 amide bonds. The first-order valence-electron chi connectivity index (χ1n) is 7.52. The number of aryl methyl sites for hydroxylation is 1. The Hall–Kier alpha value is -2.62. The van der Waals surface area contributed by atoms with Crippen LogP contribution in [-0.4, -0.2) is 16.1 Å². The highest BCUT2D eigenvalue weighted by molar-refractivity contribution is 6.04. The van der Waals surface area contributed by atoms with Gasteiger partial charge in [-0.1, -0.05) is 49.4 Å². The summed E-state index contributed by atoms with van der Waals surface area (Å²) in [7, 11) is 0. The van der Waals surface area contributed by atoms with Gasteiger partial charge in [0.2, 0.25) is 0 Å². The summed E-state index contributed by atoms with van der Waals surface area (Å²) in [6.07, 6.45) is 1.01. The van der Waals surface area contributed by atoms with E-state index in [0.29, 0.717) is 5.69 Å². The fraction of sp³-hybridized carbons (Fsp3) is 0.222. The third-order valence-corrected chi connectivity index (χ3v) is 3.92. The number of aromatic amines is 1. The number of carbonyl (C=O) groups is 1. The Morgan fingerprint density at radius 1 is 1.18 bits per heavy atom. The average Bonchev–Trinajstić information content (AvgIpc) is 2.99. The highest BCUT2D eigenvalue weighted by atomic mass is 16.2. The van der Waals surface area contributed by atoms with Crippen molar-refractivity contribution in [2.75, 3.05) is 0 Å². The Balaban J connectivity index is 1.78. The molecule has 1 atom stereocenters. The second-order valence-electron chi connectivity index (χ2n) is 5.41. The lowest BCUT2D eigenvalue weighted by atomic mass is 10.0. The van der Waals surface area contributed by atoms with E-state index in [9.17, 15) is 4.79 Å². The number of hydrogen-bond donors (Lipinski definition) is 2. The van der Waals surface area contributed by atoms with Crippen molar-refractivity contribution in [1.82, 2.24) is 15.5 Å². The second-order valence-corrected chi connectivity index (χ2v) is 5.41. The second kappa shape index (κ2) is 6.02. The fourth-order valence-electron chi connectivity index (χ4n) is 2.53. The molecule has 1 unspecified atom stereocenters. The summed E-state index contributed by atoms with van der Waals surface area (Å²) >= 11 is 0. The Labute approximate surface area is 129 Å². The van der Waals surface area contributed by atoms with Crippen molar-refractivity contribution in [2.45, 2.75) is 26.3 Å². The first-order chi connectivity index (χ1) is 10.7. The monoisotopic (exact) mass is 293 g/mol. The van der Waals surface area contributed by atoms with Crippen LogP contribution in [0.2, 0.25) is 0 Å². The van der Waals surface area contributed by atoms with Crippen molar-refractivity contribution < 1.29 is 4.79 Å². The van der Waals surface area contributed by atoms with Gasteiger partial charge in [-0.15, -0.1) is 0 Å². The minimum absolute atomic E-state index is 0.0612. The summed E-state index contributed by atoms with van der Waals surface area (Å²) < 4.78 is 0. The summed E-state index contributed by atoms with van der Waals surface area (Å²) in [5.74, 6) is -0.162. The quantitative estimate of drug-likeness (QED) is 0.772. The van der Waals surface area contributed by atoms with E-state index in [4.69, 9.17) is 0 Å². The maximum atomic E-state index is 12.4. The van der Waals surface area contributed by atoms with Crippen LogP contribution in [0.4, 0.5) is 0 Å². The topological polar surface area (TPSA) is 57.8 Å². The number of hydrogen-bond acceptors (Lipinski definition) is 2. The molecule has 2 N–H and O–H groups in total. The SMILES string of the molecule is CCc1ccc(C(C)NC(=O)c2n[nH]c3ccccc23)cc1. The van der Waals surface area contributed by atoms with Crippen LogP contribution in [0.5, 0.6) is 0 Å². The van der Waals surface area contributed by atoms with Crippen LogP contribution in [0, 0.1) is 0 Å². The fourth-order valence-corrected chi connectivity index (χ4v) is 2.53. The number of carbonyl (C=O) groups excluding carboxylic acids is 1. The van der Waals surface area contributed by atoms with Crippen molar-refractivity contribution in [1.29, 1.82) is 0 Å². The van der Waals surface area contributed by atoms with Crippen LogP contribution in [0.25, 0.3) is 10.9 Å². The Morgan fingerprint density at radius 3 is 2.64 bits per heavy atom. The number of nitrogens with one attached hydrogen (secondary N) is 2. The largest absolute Gasteiger partial charge is 0.344 e. The zero-order valence-electron chi connectivity index (χ0n) is 12.8. The highest BCUT2D eigenvalue weighted by Gasteiger charge is 2.16. The third kappa shape index (κ3) is 2.72. The zero-order valence-corrected chi connectivity index (χ0v) is 12.8. The highest BCUT2D eigenvalue weighted by Crippen LogP contribution is 2.18. The molecule has 4 nitrogen and oxygen atoms in total. The molecular formula is C18H19N3O. The molecule has 0 bridgehead atoms. The number of benzene rings is 2. The molecule has 0 aliphatic rings. The van der Waals surface area contributed by atoms with Gasteiger partial charge in [-0.2, -0.15) is 5.10 Å². The van der Waals surface area contributed by atoms with E-state index in [1.807, 2.05) is 31.2 Å². The number of fused-ring (bicyclic) bond motifs is 1. The van der Waals surface area contributed by atoms with Gasteiger partial charge in [0.15, 0.2) is 5.69 Å². The predicted octanol–water partition coefficient (Wildman–Crippen LogP) is 3.62. The van der Waals surface area contributed by atoms with E-state index in [1.165, 1.54) is 5.56 Å². The standard InChI is InChI=1S/C18H19N3O/c1-3-13-8-10-14(11-9-13)12(2)19-18(22)17-15-6-4-5-7-16(15)20-21-17/h4-12H,3H2,1-2H3,(H,19,22)(H,20,21). The maximum Gasteiger partial charge on any atom is 0.272 e. The maximum absolute atomic E-state index is 12.4. The number of nitrogens with zero attached hydrogens (tertiary/aromatic N) is 1. The molecular weight excluding hydrogens is 274 g/mol. The van der Waals surface area contributed by atoms with E-state index < -0.39 is 0 Å². The lowest BCUT2D eigenvalue weighted by Gasteiger charge is -2.14. The molecule has 0 spiro atoms. The lowest BCUT2D eigenvalue weighted by Crippen LogP contribution is -2.27. The number of para-hydroxylation sites is 1. The van der Waals surface area contributed by atoms with Gasteiger partial charge in [0.25, 0.3) is 5.91 Å². The van der Waals surface area contributed by atoms with E-state index in [-0.39, 0.29) is 11.9 Å². The molecule has 0 radical (unpaired) electrons. The van der Waals surface area contributed by atoms with Gasteiger partial charge in [0.1, 0.15) is 0 Å². The minimum Gasteiger partial charge on any atom is -0.344 e. The predicted molar refractivity (Wildman–Crippen MR) is 87.8 cm³/mol. The van der Waals surface area contributed by atoms with E-state index in [1.54, 1.807) is 0 Å². The molecule has 1 heterocycles. The third-order valence-electron chi connectivity index (χ3n) is 3.92. The van der Waals surface area contributed by atoms with Crippen LogP contribution < -0.4 is 5.32 Å². The van der Waals surface area contributed by atoms with Gasteiger partial charge in [0.05, 0.1) is 11.6 Å². The van der Waals surface area contributed by atoms with Crippen molar-refractivity contribution in [3.05, 3.63) is 65.4 Å². The summed E-state index contributed by atoms with van der Waals surface area (Å²) in [6, 6.07) is 15.9. The Kier molecular flexibility index (Phi) is 3.92. The molecule has 1 aromatic heterocycles. The molecule has 112 valence electrons. The molecule has 0 aliphatic heterocycles. The number of rotatable bonds is 4. The molecule has 4 heteroatoms. The van der Waals surface area contributed by atoms with Crippen LogP contribution in [0.3, 0.4) is 0 Å². The lowest BCUT2D eigenvalue weighted by molar-refractivity contribution is 0.0936. The molecule has 0 fully saturated rings. The van der Waals surface area contributed by atoms with Crippen LogP contribution in [0.15, 0.2) is 48.5 Å². The summed E-state index contributed by atoms with van der Waals surface area (Å²) in [4.78, 5) is 12.4. The van der Waals surface area contributed by atoms with Crippen molar-refractivity contribution in [3.8, 4) is 0 Å². The Bertz CT molecular complexity index is 789. The van der Waals surface area contributed by atoms with Crippen LogP contribution in [-0.2, 0) is 6.42 Å². The molecule has 3 aromatic rings. The number of H-pyrrole nitrogens is 1. The summed E-state index contributed by atoms with van der Waals surface area (Å²) in [6.45, 7) is 4.11. The average molecular weight is 293 g/mol. The van der Waals surface area contributed by atoms with Gasteiger partial charge in [0, 0.05) is 5.39 Å². The van der Waals surface area contributed by atoms with Gasteiger partial charge in [-0.3, -0.25) is 9.89 Å². The zero-order chi connectivity index (χ0) is 15.5. The van der Waals surface area contributed by atoms with E-state index in [0.717, 1.165) is 22.9 Å². The molecule has 0 saturated carbocycles. The number of amides is 1. The minimum atomic E-state index is -0.162. The molecule has 22 heavy (non-hydrogen) atoms. The van der Waals surface area contributed by atoms with Crippen molar-refractivity contribution >= 4 is 16.8 Å². The van der Waals surface area contributed by atoms with Gasteiger partial charge >= 0.3 is 0 Å². The molecule has 0 saturated heterocycles. The van der Waals surface area contributed by atoms with E-state index in [2.05, 4.69) is 46.7 Å². The van der Waals surface area contributed by atoms with Crippen LogP contribution in [0.1, 0.15) is 41.5 Å². The van der Waals surface area contributed by atoms with Gasteiger partial charge in [-0.25, -0.2) is 0 Å². The normalized spacial score (nSPS) is 12.3. The molecule has 0 aliphatic carbocycles. The summed E-state index contributed by atoms with van der Waals surface area (Å²) in [5, 5.41) is 10.9. The smallest absolute Gasteiger partial charge is 0.272 e. The van der Waals surface area contributed by atoms with Gasteiger partial charge in [-0.05, 0) is 30.5 Å². The van der Waals surface area contributed by atoms with Crippen molar-refractivity contribution in [3.63, 3.8) is 0 Å². The van der Waals surface area contributed by atoms with Crippen LogP contribution >= 0.6 is 0 Å². The molecule has 3 rings (SSSR count). The number of aromatic nitrogens is 2. The molecule has 2 aromatic carbocycles. The van der Waals surface area contributed by atoms with Crippen molar-refractivity contribution in [2.24, 2.45) is 0 Å². The summed E-state index contributed by atoms with van der Waals surface area (Å²) in [5.41, 5.74) is 3.69. The first-order valence-corrected chi connectivity index (χ1v) is 7.52.